The van der Waals surface area contributed by atoms with Crippen molar-refractivity contribution in [2.75, 3.05) is 7.11 Å². The van der Waals surface area contributed by atoms with Gasteiger partial charge in [0, 0.05) is 21.9 Å². The number of aryl methyl sites for hydroxylation is 2. The Balaban J connectivity index is 1.65. The second-order valence-electron chi connectivity index (χ2n) is 17.6. The lowest BCUT2D eigenvalue weighted by Crippen LogP contribution is -2.20. The Bertz CT molecular complexity index is 3110. The molecule has 324 valence electrons. The topological polar surface area (TPSA) is 55.4 Å². The molecule has 0 aromatic heterocycles. The van der Waals surface area contributed by atoms with Crippen molar-refractivity contribution in [3.8, 4) is 72.5 Å². The number of hydrogen-bond donors (Lipinski definition) is 1. The van der Waals surface area contributed by atoms with Gasteiger partial charge in [-0.15, -0.1) is 0 Å². The van der Waals surface area contributed by atoms with E-state index in [1.54, 1.807) is 7.11 Å². The van der Waals surface area contributed by atoms with Crippen LogP contribution in [0.15, 0.2) is 152 Å². The molecule has 1 N–H and O–H groups in total. The van der Waals surface area contributed by atoms with Crippen molar-refractivity contribution < 1.29 is 27.5 Å². The Morgan fingerprint density at radius 1 is 0.431 bits per heavy atom. The van der Waals surface area contributed by atoms with Gasteiger partial charge in [0.05, 0.1) is 23.8 Å². The van der Waals surface area contributed by atoms with Crippen LogP contribution in [0.2, 0.25) is 0 Å². The smallest absolute Gasteiger partial charge is 0.416 e. The van der Waals surface area contributed by atoms with E-state index in [-0.39, 0.29) is 16.5 Å². The number of imide groups is 1. The highest BCUT2D eigenvalue weighted by Crippen LogP contribution is 2.57. The van der Waals surface area contributed by atoms with E-state index in [0.29, 0.717) is 44.3 Å². The summed E-state index contributed by atoms with van der Waals surface area (Å²) in [5, 5.41) is 4.01. The van der Waals surface area contributed by atoms with E-state index in [4.69, 9.17) is 4.74 Å². The zero-order valence-corrected chi connectivity index (χ0v) is 37.2. The van der Waals surface area contributed by atoms with Crippen LogP contribution >= 0.6 is 0 Å². The molecule has 1 aliphatic heterocycles. The predicted molar refractivity (Wildman–Crippen MR) is 257 cm³/mol. The summed E-state index contributed by atoms with van der Waals surface area (Å²) >= 11 is 0. The summed E-state index contributed by atoms with van der Waals surface area (Å²) in [6, 6.07) is 47.5. The number of carbonyl (C=O) groups is 2. The number of ether oxygens (including phenoxy) is 1. The summed E-state index contributed by atoms with van der Waals surface area (Å²) in [7, 11) is 1.61. The molecule has 8 aromatic carbocycles. The monoisotopic (exact) mass is 863 g/mol. The molecule has 0 aliphatic carbocycles. The molecule has 1 heterocycles. The maximum Gasteiger partial charge on any atom is 0.416 e. The standard InChI is InChI=1S/C58H48F3NO3/c1-7-34-14-18-37(19-15-34)49-51-47(40-24-30-43(31-25-40)58(59,60)61)45(36-12-10-9-11-13-36)46(41-26-32-44(65-6)33-27-41)48(39-22-28-42(29-23-39)57(3,4)5)52(51)50(38-20-16-35(8-2)17-21-38)54-53(49)55(63)62-56(54)64/h9-33H,7-8H2,1-6H3,(H,62,63,64). The highest BCUT2D eigenvalue weighted by Gasteiger charge is 2.39. The van der Waals surface area contributed by atoms with Crippen LogP contribution in [0.1, 0.15) is 77.6 Å². The van der Waals surface area contributed by atoms with E-state index in [1.165, 1.54) is 12.1 Å². The third-order valence-corrected chi connectivity index (χ3v) is 12.7. The van der Waals surface area contributed by atoms with Gasteiger partial charge in [0.2, 0.25) is 0 Å². The van der Waals surface area contributed by atoms with Gasteiger partial charge >= 0.3 is 6.18 Å². The summed E-state index contributed by atoms with van der Waals surface area (Å²) < 4.78 is 48.8. The molecule has 0 saturated heterocycles. The Kier molecular flexibility index (Phi) is 11.1. The van der Waals surface area contributed by atoms with Crippen molar-refractivity contribution in [3.63, 3.8) is 0 Å². The maximum atomic E-state index is 14.7. The molecule has 4 nitrogen and oxygen atoms in total. The van der Waals surface area contributed by atoms with Gasteiger partial charge in [-0.3, -0.25) is 14.9 Å². The van der Waals surface area contributed by atoms with Crippen molar-refractivity contribution in [1.82, 2.24) is 5.32 Å². The second kappa shape index (κ2) is 16.7. The highest BCUT2D eigenvalue weighted by molar-refractivity contribution is 6.36. The van der Waals surface area contributed by atoms with Gasteiger partial charge in [-0.1, -0.05) is 162 Å². The average Bonchev–Trinajstić information content (AvgIpc) is 3.62. The number of fused-ring (bicyclic) bond motifs is 2. The Morgan fingerprint density at radius 3 is 1.14 bits per heavy atom. The number of halogens is 3. The molecule has 0 spiro atoms. The first-order valence-electron chi connectivity index (χ1n) is 22.0. The molecule has 0 unspecified atom stereocenters. The van der Waals surface area contributed by atoms with Gasteiger partial charge in [-0.05, 0) is 115 Å². The summed E-state index contributed by atoms with van der Waals surface area (Å²) in [6.45, 7) is 10.6. The fraction of sp³-hybridized carbons (Fsp3) is 0.172. The lowest BCUT2D eigenvalue weighted by molar-refractivity contribution is -0.137. The molecule has 0 radical (unpaired) electrons. The molecular weight excluding hydrogens is 816 g/mol. The van der Waals surface area contributed by atoms with Crippen molar-refractivity contribution in [2.45, 2.75) is 59.1 Å². The lowest BCUT2D eigenvalue weighted by atomic mass is 9.73. The van der Waals surface area contributed by atoms with Crippen LogP contribution in [0, 0.1) is 0 Å². The first kappa shape index (κ1) is 43.0. The van der Waals surface area contributed by atoms with E-state index in [9.17, 15) is 22.8 Å². The summed E-state index contributed by atoms with van der Waals surface area (Å²) in [6.07, 6.45) is -3.01. The zero-order valence-electron chi connectivity index (χ0n) is 37.2. The van der Waals surface area contributed by atoms with Crippen LogP contribution in [-0.4, -0.2) is 18.9 Å². The number of amides is 2. The van der Waals surface area contributed by atoms with Gasteiger partial charge < -0.3 is 4.74 Å². The fourth-order valence-electron chi connectivity index (χ4n) is 9.30. The Labute approximate surface area is 377 Å². The average molecular weight is 864 g/mol. The molecule has 1 aliphatic rings. The quantitative estimate of drug-likeness (QED) is 0.147. The largest absolute Gasteiger partial charge is 0.497 e. The Hall–Kier alpha value is -7.25. The van der Waals surface area contributed by atoms with Crippen molar-refractivity contribution in [3.05, 3.63) is 185 Å². The molecule has 7 heteroatoms. The van der Waals surface area contributed by atoms with E-state index in [1.807, 2.05) is 103 Å². The number of hydrogen-bond acceptors (Lipinski definition) is 3. The molecule has 0 saturated carbocycles. The number of benzene rings is 8. The van der Waals surface area contributed by atoms with Crippen LogP contribution in [0.5, 0.6) is 5.75 Å². The van der Waals surface area contributed by atoms with Gasteiger partial charge in [0.1, 0.15) is 5.75 Å². The molecule has 2 amide bonds. The first-order valence-corrected chi connectivity index (χ1v) is 22.0. The number of nitrogens with one attached hydrogen (secondary N) is 1. The molecular formula is C58H48F3NO3. The predicted octanol–water partition coefficient (Wildman–Crippen LogP) is 15.2. The lowest BCUT2D eigenvalue weighted by Gasteiger charge is -2.29. The SMILES string of the molecule is CCc1ccc(-c2c3c(c(-c4ccc(CC)cc4)c4c(-c5ccc(C(F)(F)F)cc5)c(-c5ccccc5)c(-c5ccc(OC)cc5)c(-c5ccc(C(C)(C)C)cc5)c24)C(=O)NC3=O)cc1. The van der Waals surface area contributed by atoms with Crippen molar-refractivity contribution in [1.29, 1.82) is 0 Å². The van der Waals surface area contributed by atoms with Gasteiger partial charge in [-0.25, -0.2) is 0 Å². The molecule has 0 fully saturated rings. The van der Waals surface area contributed by atoms with E-state index in [2.05, 4.69) is 64.2 Å². The minimum Gasteiger partial charge on any atom is -0.497 e. The number of methoxy groups -OCH3 is 1. The van der Waals surface area contributed by atoms with Crippen LogP contribution in [0.4, 0.5) is 13.2 Å². The molecule has 65 heavy (non-hydrogen) atoms. The summed E-state index contributed by atoms with van der Waals surface area (Å²) in [5.74, 6) is -0.406. The van der Waals surface area contributed by atoms with E-state index in [0.717, 1.165) is 80.6 Å². The third kappa shape index (κ3) is 7.69. The zero-order chi connectivity index (χ0) is 45.8. The molecule has 9 rings (SSSR count). The Morgan fingerprint density at radius 2 is 0.769 bits per heavy atom. The summed E-state index contributed by atoms with van der Waals surface area (Å²) in [4.78, 5) is 29.3. The van der Waals surface area contributed by atoms with Crippen LogP contribution in [-0.2, 0) is 24.4 Å². The molecule has 8 aromatic rings. The van der Waals surface area contributed by atoms with Crippen LogP contribution in [0.25, 0.3) is 77.5 Å². The van der Waals surface area contributed by atoms with Gasteiger partial charge in [-0.2, -0.15) is 13.2 Å². The fourth-order valence-corrected chi connectivity index (χ4v) is 9.30. The van der Waals surface area contributed by atoms with Crippen LogP contribution < -0.4 is 10.1 Å². The maximum absolute atomic E-state index is 14.7. The second-order valence-corrected chi connectivity index (χ2v) is 17.6. The number of rotatable bonds is 9. The number of carbonyl (C=O) groups excluding carboxylic acids is 2. The first-order chi connectivity index (χ1) is 31.2. The van der Waals surface area contributed by atoms with E-state index >= 15 is 0 Å². The van der Waals surface area contributed by atoms with Crippen LogP contribution in [0.3, 0.4) is 0 Å². The van der Waals surface area contributed by atoms with Crippen molar-refractivity contribution >= 4 is 22.6 Å². The third-order valence-electron chi connectivity index (χ3n) is 12.7. The van der Waals surface area contributed by atoms with Gasteiger partial charge in [0.15, 0.2) is 0 Å². The minimum absolute atomic E-state index is 0.162. The number of alkyl halides is 3. The summed E-state index contributed by atoms with van der Waals surface area (Å²) in [5.41, 5.74) is 11.3. The minimum atomic E-state index is -4.58. The normalized spacial score (nSPS) is 12.7. The van der Waals surface area contributed by atoms with Crippen molar-refractivity contribution in [2.24, 2.45) is 0 Å². The highest BCUT2D eigenvalue weighted by atomic mass is 19.4. The molecule has 0 atom stereocenters. The molecule has 0 bridgehead atoms. The van der Waals surface area contributed by atoms with E-state index < -0.39 is 23.6 Å². The van der Waals surface area contributed by atoms with Gasteiger partial charge in [0.25, 0.3) is 11.8 Å².